The molecule has 3 rings (SSSR count). The van der Waals surface area contributed by atoms with E-state index in [9.17, 15) is 19.1 Å². The first-order valence-corrected chi connectivity index (χ1v) is 8.47. The third-order valence-electron chi connectivity index (χ3n) is 5.08. The van der Waals surface area contributed by atoms with Crippen molar-refractivity contribution >= 4 is 11.9 Å². The fraction of sp³-hybridized carbons (Fsp3) is 0.556. The van der Waals surface area contributed by atoms with Crippen molar-refractivity contribution in [1.29, 1.82) is 0 Å². The molecule has 1 saturated heterocycles. The topological polar surface area (TPSA) is 66.8 Å². The van der Waals surface area contributed by atoms with E-state index in [0.717, 1.165) is 19.3 Å². The molecule has 2 fully saturated rings. The van der Waals surface area contributed by atoms with E-state index in [1.165, 1.54) is 12.1 Å². The van der Waals surface area contributed by atoms with Crippen molar-refractivity contribution in [3.05, 3.63) is 30.1 Å². The molecule has 3 unspecified atom stereocenters. The summed E-state index contributed by atoms with van der Waals surface area (Å²) in [7, 11) is 0. The first-order chi connectivity index (χ1) is 11.6. The number of amides is 1. The van der Waals surface area contributed by atoms with Crippen LogP contribution in [0.4, 0.5) is 4.39 Å². The van der Waals surface area contributed by atoms with Gasteiger partial charge in [-0.3, -0.25) is 4.79 Å². The minimum atomic E-state index is -0.889. The molecule has 1 amide bonds. The Kier molecular flexibility index (Phi) is 5.02. The highest BCUT2D eigenvalue weighted by Crippen LogP contribution is 2.42. The van der Waals surface area contributed by atoms with Gasteiger partial charge in [0.15, 0.2) is 0 Å². The Balaban J connectivity index is 1.48. The highest BCUT2D eigenvalue weighted by atomic mass is 19.1. The normalized spacial score (nSPS) is 25.5. The molecule has 1 aromatic rings. The number of carboxylic acid groups (broad SMARTS) is 1. The Labute approximate surface area is 140 Å². The van der Waals surface area contributed by atoms with Gasteiger partial charge in [-0.1, -0.05) is 6.42 Å². The molecule has 0 radical (unpaired) electrons. The van der Waals surface area contributed by atoms with E-state index < -0.39 is 12.0 Å². The minimum Gasteiger partial charge on any atom is -0.494 e. The standard InChI is InChI=1S/C18H22FNO4/c19-13-6-8-14(9-7-13)24-10-2-5-16(21)20-11-12-3-1-4-15(12)17(20)18(22)23/h6-9,12,15,17H,1-5,10-11H2,(H,22,23). The zero-order valence-electron chi connectivity index (χ0n) is 13.5. The number of carboxylic acids is 1. The van der Waals surface area contributed by atoms with Crippen molar-refractivity contribution in [3.8, 4) is 5.75 Å². The Morgan fingerprint density at radius 3 is 2.71 bits per heavy atom. The second-order valence-corrected chi connectivity index (χ2v) is 6.59. The summed E-state index contributed by atoms with van der Waals surface area (Å²) in [6, 6.07) is 5.06. The van der Waals surface area contributed by atoms with Crippen molar-refractivity contribution in [2.45, 2.75) is 38.1 Å². The number of hydrogen-bond donors (Lipinski definition) is 1. The molecular weight excluding hydrogens is 313 g/mol. The Hall–Kier alpha value is -2.11. The maximum absolute atomic E-state index is 12.8. The van der Waals surface area contributed by atoms with Crippen LogP contribution in [0.5, 0.6) is 5.75 Å². The summed E-state index contributed by atoms with van der Waals surface area (Å²) in [5.74, 6) is -0.313. The van der Waals surface area contributed by atoms with Gasteiger partial charge in [-0.25, -0.2) is 9.18 Å². The van der Waals surface area contributed by atoms with Crippen LogP contribution in [0.2, 0.25) is 0 Å². The number of fused-ring (bicyclic) bond motifs is 1. The number of carbonyl (C=O) groups is 2. The lowest BCUT2D eigenvalue weighted by Crippen LogP contribution is -2.43. The largest absolute Gasteiger partial charge is 0.494 e. The van der Waals surface area contributed by atoms with Gasteiger partial charge in [-0.15, -0.1) is 0 Å². The van der Waals surface area contributed by atoms with Crippen LogP contribution in [0, 0.1) is 17.7 Å². The summed E-state index contributed by atoms with van der Waals surface area (Å²) in [5, 5.41) is 9.47. The first kappa shape index (κ1) is 16.7. The summed E-state index contributed by atoms with van der Waals surface area (Å²) < 4.78 is 18.3. The van der Waals surface area contributed by atoms with Crippen molar-refractivity contribution < 1.29 is 23.8 Å². The molecule has 0 bridgehead atoms. The van der Waals surface area contributed by atoms with Crippen molar-refractivity contribution in [3.63, 3.8) is 0 Å². The maximum atomic E-state index is 12.8. The molecule has 1 aliphatic heterocycles. The van der Waals surface area contributed by atoms with Crippen LogP contribution in [0.15, 0.2) is 24.3 Å². The summed E-state index contributed by atoms with van der Waals surface area (Å²) in [5.41, 5.74) is 0. The van der Waals surface area contributed by atoms with E-state index in [1.807, 2.05) is 0 Å². The lowest BCUT2D eigenvalue weighted by Gasteiger charge is -2.24. The van der Waals surface area contributed by atoms with E-state index in [2.05, 4.69) is 0 Å². The Bertz CT molecular complexity index is 604. The molecule has 5 nitrogen and oxygen atoms in total. The van der Waals surface area contributed by atoms with Gasteiger partial charge >= 0.3 is 5.97 Å². The fourth-order valence-corrected chi connectivity index (χ4v) is 3.97. The van der Waals surface area contributed by atoms with Crippen molar-refractivity contribution in [2.75, 3.05) is 13.2 Å². The fourth-order valence-electron chi connectivity index (χ4n) is 3.97. The highest BCUT2D eigenvalue weighted by molar-refractivity contribution is 5.84. The Morgan fingerprint density at radius 1 is 1.25 bits per heavy atom. The molecule has 1 aliphatic carbocycles. The van der Waals surface area contributed by atoms with Crippen LogP contribution in [0.1, 0.15) is 32.1 Å². The average molecular weight is 335 g/mol. The molecule has 3 atom stereocenters. The predicted molar refractivity (Wildman–Crippen MR) is 85.1 cm³/mol. The van der Waals surface area contributed by atoms with Gasteiger partial charge in [-0.05, 0) is 55.4 Å². The van der Waals surface area contributed by atoms with E-state index >= 15 is 0 Å². The molecule has 0 spiro atoms. The number of benzene rings is 1. The lowest BCUT2D eigenvalue weighted by atomic mass is 9.94. The van der Waals surface area contributed by atoms with Crippen molar-refractivity contribution in [2.24, 2.45) is 11.8 Å². The third kappa shape index (κ3) is 3.52. The van der Waals surface area contributed by atoms with Gasteiger partial charge in [0.25, 0.3) is 0 Å². The zero-order chi connectivity index (χ0) is 17.1. The average Bonchev–Trinajstić information content (AvgIpc) is 3.13. The SMILES string of the molecule is O=C(O)C1C2CCCC2CN1C(=O)CCCOc1ccc(F)cc1. The van der Waals surface area contributed by atoms with E-state index in [1.54, 1.807) is 17.0 Å². The number of ether oxygens (including phenoxy) is 1. The smallest absolute Gasteiger partial charge is 0.326 e. The van der Waals surface area contributed by atoms with Crippen LogP contribution < -0.4 is 4.74 Å². The molecule has 6 heteroatoms. The number of hydrogen-bond acceptors (Lipinski definition) is 3. The first-order valence-electron chi connectivity index (χ1n) is 8.47. The molecule has 1 heterocycles. The Morgan fingerprint density at radius 2 is 2.00 bits per heavy atom. The van der Waals surface area contributed by atoms with E-state index in [4.69, 9.17) is 4.74 Å². The summed E-state index contributed by atoms with van der Waals surface area (Å²) in [4.78, 5) is 25.5. The molecule has 1 N–H and O–H groups in total. The molecular formula is C18H22FNO4. The number of likely N-dealkylation sites (tertiary alicyclic amines) is 1. The molecule has 0 aromatic heterocycles. The maximum Gasteiger partial charge on any atom is 0.326 e. The van der Waals surface area contributed by atoms with E-state index in [0.29, 0.717) is 31.2 Å². The molecule has 2 aliphatic rings. The molecule has 130 valence electrons. The van der Waals surface area contributed by atoms with Crippen molar-refractivity contribution in [1.82, 2.24) is 4.90 Å². The van der Waals surface area contributed by atoms with Gasteiger partial charge < -0.3 is 14.7 Å². The molecule has 1 saturated carbocycles. The van der Waals surface area contributed by atoms with Crippen LogP contribution >= 0.6 is 0 Å². The summed E-state index contributed by atoms with van der Waals surface area (Å²) in [6.45, 7) is 0.912. The van der Waals surface area contributed by atoms with Gasteiger partial charge in [-0.2, -0.15) is 0 Å². The molecule has 24 heavy (non-hydrogen) atoms. The highest BCUT2D eigenvalue weighted by Gasteiger charge is 2.49. The van der Waals surface area contributed by atoms with E-state index in [-0.39, 0.29) is 24.1 Å². The third-order valence-corrected chi connectivity index (χ3v) is 5.08. The van der Waals surface area contributed by atoms with Gasteiger partial charge in [0.1, 0.15) is 17.6 Å². The summed E-state index contributed by atoms with van der Waals surface area (Å²) >= 11 is 0. The van der Waals surface area contributed by atoms with Crippen LogP contribution in [-0.4, -0.2) is 41.1 Å². The second-order valence-electron chi connectivity index (χ2n) is 6.59. The second kappa shape index (κ2) is 7.20. The van der Waals surface area contributed by atoms with Gasteiger partial charge in [0.05, 0.1) is 6.61 Å². The van der Waals surface area contributed by atoms with Gasteiger partial charge in [0.2, 0.25) is 5.91 Å². The number of nitrogens with zero attached hydrogens (tertiary/aromatic N) is 1. The van der Waals surface area contributed by atoms with Crippen LogP contribution in [0.3, 0.4) is 0 Å². The lowest BCUT2D eigenvalue weighted by molar-refractivity contribution is -0.149. The molecule has 1 aromatic carbocycles. The van der Waals surface area contributed by atoms with Crippen LogP contribution in [-0.2, 0) is 9.59 Å². The number of aliphatic carboxylic acids is 1. The minimum absolute atomic E-state index is 0.112. The summed E-state index contributed by atoms with van der Waals surface area (Å²) in [6.07, 6.45) is 3.76. The zero-order valence-corrected chi connectivity index (χ0v) is 13.5. The van der Waals surface area contributed by atoms with Gasteiger partial charge in [0, 0.05) is 13.0 Å². The monoisotopic (exact) mass is 335 g/mol. The number of carbonyl (C=O) groups excluding carboxylic acids is 1. The van der Waals surface area contributed by atoms with Crippen LogP contribution in [0.25, 0.3) is 0 Å². The quantitative estimate of drug-likeness (QED) is 0.812. The number of halogens is 1. The number of rotatable bonds is 6. The predicted octanol–water partition coefficient (Wildman–Crippen LogP) is 2.70.